The van der Waals surface area contributed by atoms with E-state index >= 15 is 0 Å². The van der Waals surface area contributed by atoms with Gasteiger partial charge in [0.25, 0.3) is 0 Å². The number of hydrogen-bond acceptors (Lipinski definition) is 2. The van der Waals surface area contributed by atoms with Crippen LogP contribution in [0.1, 0.15) is 49.7 Å². The molecule has 0 N–H and O–H groups in total. The maximum absolute atomic E-state index is 12.9. The minimum absolute atomic E-state index is 0.0819. The van der Waals surface area contributed by atoms with E-state index in [0.29, 0.717) is 12.0 Å². The molecule has 0 aliphatic carbocycles. The zero-order valence-corrected chi connectivity index (χ0v) is 15.3. The van der Waals surface area contributed by atoms with Gasteiger partial charge >= 0.3 is 6.18 Å². The molecule has 2 aliphatic heterocycles. The summed E-state index contributed by atoms with van der Waals surface area (Å²) in [5, 5.41) is 0. The molecule has 1 aromatic rings. The Hall–Kier alpha value is -2.05. The third-order valence-corrected chi connectivity index (χ3v) is 5.39. The molecule has 2 fully saturated rings. The SMILES string of the molecule is O=C1CC[C@H](C(=O)N2CCCCCC2)CN1Cc1cccc(C(F)(F)F)c1. The molecule has 0 bridgehead atoms. The Labute approximate surface area is 157 Å². The van der Waals surface area contributed by atoms with Gasteiger partial charge in [-0.2, -0.15) is 13.2 Å². The second kappa shape index (κ2) is 8.31. The first kappa shape index (κ1) is 19.7. The number of carbonyl (C=O) groups is 2. The van der Waals surface area contributed by atoms with Crippen LogP contribution in [0.5, 0.6) is 0 Å². The van der Waals surface area contributed by atoms with Gasteiger partial charge in [-0.15, -0.1) is 0 Å². The predicted molar refractivity (Wildman–Crippen MR) is 94.6 cm³/mol. The lowest BCUT2D eigenvalue weighted by Gasteiger charge is -2.34. The molecule has 4 nitrogen and oxygen atoms in total. The van der Waals surface area contributed by atoms with Crippen LogP contribution in [-0.2, 0) is 22.3 Å². The number of likely N-dealkylation sites (tertiary alicyclic amines) is 2. The summed E-state index contributed by atoms with van der Waals surface area (Å²) in [6, 6.07) is 5.04. The number of halogens is 3. The van der Waals surface area contributed by atoms with Crippen LogP contribution >= 0.6 is 0 Å². The molecule has 3 rings (SSSR count). The molecule has 2 amide bonds. The smallest absolute Gasteiger partial charge is 0.342 e. The van der Waals surface area contributed by atoms with E-state index in [-0.39, 0.29) is 37.2 Å². The van der Waals surface area contributed by atoms with Crippen LogP contribution in [0.4, 0.5) is 13.2 Å². The number of rotatable bonds is 3. The quantitative estimate of drug-likeness (QED) is 0.797. The summed E-state index contributed by atoms with van der Waals surface area (Å²) >= 11 is 0. The van der Waals surface area contributed by atoms with Crippen molar-refractivity contribution in [2.24, 2.45) is 5.92 Å². The molecule has 0 aromatic heterocycles. The fraction of sp³-hybridized carbons (Fsp3) is 0.600. The highest BCUT2D eigenvalue weighted by Crippen LogP contribution is 2.30. The van der Waals surface area contributed by atoms with Crippen molar-refractivity contribution in [2.75, 3.05) is 19.6 Å². The van der Waals surface area contributed by atoms with E-state index in [4.69, 9.17) is 0 Å². The van der Waals surface area contributed by atoms with Crippen LogP contribution in [0.15, 0.2) is 24.3 Å². The highest BCUT2D eigenvalue weighted by molar-refractivity contribution is 5.84. The summed E-state index contributed by atoms with van der Waals surface area (Å²) in [7, 11) is 0. The van der Waals surface area contributed by atoms with E-state index in [2.05, 4.69) is 0 Å². The Morgan fingerprint density at radius 1 is 1.11 bits per heavy atom. The first-order valence-corrected chi connectivity index (χ1v) is 9.57. The van der Waals surface area contributed by atoms with Gasteiger partial charge in [0.15, 0.2) is 0 Å². The number of carbonyl (C=O) groups excluding carboxylic acids is 2. The lowest BCUT2D eigenvalue weighted by molar-refractivity contribution is -0.143. The Balaban J connectivity index is 1.67. The number of nitrogens with zero attached hydrogens (tertiary/aromatic N) is 2. The van der Waals surface area contributed by atoms with Crippen molar-refractivity contribution in [3.05, 3.63) is 35.4 Å². The zero-order valence-electron chi connectivity index (χ0n) is 15.3. The first-order valence-electron chi connectivity index (χ1n) is 9.57. The van der Waals surface area contributed by atoms with Crippen molar-refractivity contribution >= 4 is 11.8 Å². The van der Waals surface area contributed by atoms with Gasteiger partial charge in [0, 0.05) is 32.6 Å². The number of piperidine rings is 1. The van der Waals surface area contributed by atoms with Crippen LogP contribution in [0, 0.1) is 5.92 Å². The average Bonchev–Trinajstić information content (AvgIpc) is 2.92. The molecular weight excluding hydrogens is 357 g/mol. The fourth-order valence-electron chi connectivity index (χ4n) is 3.88. The first-order chi connectivity index (χ1) is 12.8. The van der Waals surface area contributed by atoms with E-state index in [1.165, 1.54) is 11.0 Å². The monoisotopic (exact) mass is 382 g/mol. The molecule has 7 heteroatoms. The fourth-order valence-corrected chi connectivity index (χ4v) is 3.88. The van der Waals surface area contributed by atoms with Gasteiger partial charge in [-0.3, -0.25) is 9.59 Å². The van der Waals surface area contributed by atoms with E-state index < -0.39 is 11.7 Å². The minimum atomic E-state index is -4.41. The van der Waals surface area contributed by atoms with E-state index in [9.17, 15) is 22.8 Å². The topological polar surface area (TPSA) is 40.6 Å². The Bertz CT molecular complexity index is 682. The molecule has 1 atom stereocenters. The highest BCUT2D eigenvalue weighted by atomic mass is 19.4. The number of benzene rings is 1. The number of amides is 2. The van der Waals surface area contributed by atoms with Crippen molar-refractivity contribution in [1.82, 2.24) is 9.80 Å². The second-order valence-corrected chi connectivity index (χ2v) is 7.45. The van der Waals surface area contributed by atoms with Gasteiger partial charge in [-0.05, 0) is 37.0 Å². The molecule has 0 radical (unpaired) electrons. The summed E-state index contributed by atoms with van der Waals surface area (Å²) in [6.07, 6.45) is 0.656. The van der Waals surface area contributed by atoms with Crippen LogP contribution in [0.2, 0.25) is 0 Å². The zero-order chi connectivity index (χ0) is 19.4. The van der Waals surface area contributed by atoms with Crippen molar-refractivity contribution in [1.29, 1.82) is 0 Å². The number of hydrogen-bond donors (Lipinski definition) is 0. The summed E-state index contributed by atoms with van der Waals surface area (Å²) < 4.78 is 38.7. The van der Waals surface area contributed by atoms with Crippen molar-refractivity contribution in [3.8, 4) is 0 Å². The van der Waals surface area contributed by atoms with Crippen LogP contribution in [0.3, 0.4) is 0 Å². The average molecular weight is 382 g/mol. The maximum atomic E-state index is 12.9. The summed E-state index contributed by atoms with van der Waals surface area (Å²) in [6.45, 7) is 1.91. The van der Waals surface area contributed by atoms with Gasteiger partial charge in [-0.1, -0.05) is 25.0 Å². The Morgan fingerprint density at radius 3 is 2.48 bits per heavy atom. The Morgan fingerprint density at radius 2 is 1.81 bits per heavy atom. The standard InChI is InChI=1S/C20H25F3N2O2/c21-20(22,23)17-7-5-6-15(12-17)13-25-14-16(8-9-18(25)26)19(27)24-10-3-1-2-4-11-24/h5-7,12,16H,1-4,8-11,13-14H2/t16-/m0/s1. The molecule has 0 unspecified atom stereocenters. The predicted octanol–water partition coefficient (Wildman–Crippen LogP) is 3.85. The van der Waals surface area contributed by atoms with Gasteiger partial charge in [0.1, 0.15) is 0 Å². The van der Waals surface area contributed by atoms with E-state index in [1.54, 1.807) is 6.07 Å². The minimum Gasteiger partial charge on any atom is -0.342 e. The van der Waals surface area contributed by atoms with Crippen LogP contribution < -0.4 is 0 Å². The van der Waals surface area contributed by atoms with E-state index in [0.717, 1.165) is 50.9 Å². The highest BCUT2D eigenvalue weighted by Gasteiger charge is 2.34. The molecule has 2 saturated heterocycles. The molecule has 27 heavy (non-hydrogen) atoms. The Kier molecular flexibility index (Phi) is 6.07. The third kappa shape index (κ3) is 5.02. The lowest BCUT2D eigenvalue weighted by atomic mass is 9.95. The van der Waals surface area contributed by atoms with Gasteiger partial charge < -0.3 is 9.80 Å². The normalized spacial score (nSPS) is 21.9. The molecule has 1 aromatic carbocycles. The van der Waals surface area contributed by atoms with E-state index in [1.807, 2.05) is 4.90 Å². The van der Waals surface area contributed by atoms with Crippen LogP contribution in [-0.4, -0.2) is 41.2 Å². The molecule has 2 heterocycles. The number of alkyl halides is 3. The maximum Gasteiger partial charge on any atom is 0.416 e. The van der Waals surface area contributed by atoms with Gasteiger partial charge in [0.2, 0.25) is 11.8 Å². The summed E-state index contributed by atoms with van der Waals surface area (Å²) in [4.78, 5) is 28.5. The second-order valence-electron chi connectivity index (χ2n) is 7.45. The lowest BCUT2D eigenvalue weighted by Crippen LogP contribution is -2.47. The largest absolute Gasteiger partial charge is 0.416 e. The molecule has 0 saturated carbocycles. The summed E-state index contributed by atoms with van der Waals surface area (Å²) in [5.74, 6) is -0.280. The molecule has 2 aliphatic rings. The summed E-state index contributed by atoms with van der Waals surface area (Å²) in [5.41, 5.74) is -0.289. The third-order valence-electron chi connectivity index (χ3n) is 5.39. The van der Waals surface area contributed by atoms with Crippen LogP contribution in [0.25, 0.3) is 0 Å². The van der Waals surface area contributed by atoms with Gasteiger partial charge in [0.05, 0.1) is 11.5 Å². The molecule has 0 spiro atoms. The van der Waals surface area contributed by atoms with Crippen molar-refractivity contribution < 1.29 is 22.8 Å². The van der Waals surface area contributed by atoms with Crippen molar-refractivity contribution in [2.45, 2.75) is 51.2 Å². The molecular formula is C20H25F3N2O2. The van der Waals surface area contributed by atoms with Gasteiger partial charge in [-0.25, -0.2) is 0 Å². The molecule has 148 valence electrons. The van der Waals surface area contributed by atoms with Crippen molar-refractivity contribution in [3.63, 3.8) is 0 Å².